The number of aryl methyl sites for hydroxylation is 1. The van der Waals surface area contributed by atoms with Crippen LogP contribution in [-0.2, 0) is 6.42 Å². The second-order valence-corrected chi connectivity index (χ2v) is 7.32. The molecule has 138 valence electrons. The minimum atomic E-state index is 0.0432. The summed E-state index contributed by atoms with van der Waals surface area (Å²) in [5.74, 6) is 1.14. The number of hydrogen-bond acceptors (Lipinski definition) is 3. The maximum atomic E-state index is 13.6. The number of para-hydroxylation sites is 1. The van der Waals surface area contributed by atoms with E-state index in [0.717, 1.165) is 58.5 Å². The van der Waals surface area contributed by atoms with Crippen molar-refractivity contribution in [2.45, 2.75) is 32.6 Å². The van der Waals surface area contributed by atoms with Gasteiger partial charge in [0.2, 0.25) is 0 Å². The van der Waals surface area contributed by atoms with Crippen LogP contribution in [0.5, 0.6) is 5.75 Å². The van der Waals surface area contributed by atoms with Gasteiger partial charge in [-0.2, -0.15) is 0 Å². The Morgan fingerprint density at radius 2 is 1.96 bits per heavy atom. The van der Waals surface area contributed by atoms with Crippen LogP contribution in [0.25, 0.3) is 10.9 Å². The molecule has 0 aliphatic carbocycles. The van der Waals surface area contributed by atoms with E-state index in [1.165, 1.54) is 0 Å². The number of aromatic nitrogens is 1. The smallest absolute Gasteiger partial charge is 0.259 e. The molecule has 4 nitrogen and oxygen atoms in total. The second kappa shape index (κ2) is 7.03. The van der Waals surface area contributed by atoms with Crippen molar-refractivity contribution in [2.75, 3.05) is 18.6 Å². The van der Waals surface area contributed by atoms with Gasteiger partial charge >= 0.3 is 0 Å². The quantitative estimate of drug-likeness (QED) is 0.663. The largest absolute Gasteiger partial charge is 0.497 e. The Bertz CT molecular complexity index is 1010. The molecule has 0 unspecified atom stereocenters. The number of hydrogen-bond donors (Lipinski definition) is 0. The number of ether oxygens (including phenoxy) is 1. The Labute approximate surface area is 159 Å². The van der Waals surface area contributed by atoms with Crippen LogP contribution in [0.4, 0.5) is 5.69 Å². The van der Waals surface area contributed by atoms with E-state index in [-0.39, 0.29) is 11.8 Å². The predicted molar refractivity (Wildman–Crippen MR) is 109 cm³/mol. The van der Waals surface area contributed by atoms with E-state index in [1.807, 2.05) is 53.4 Å². The highest BCUT2D eigenvalue weighted by Gasteiger charge is 2.26. The topological polar surface area (TPSA) is 42.4 Å². The number of nitrogens with zero attached hydrogens (tertiary/aromatic N) is 2. The van der Waals surface area contributed by atoms with Crippen LogP contribution in [0.1, 0.15) is 47.8 Å². The molecule has 27 heavy (non-hydrogen) atoms. The lowest BCUT2D eigenvalue weighted by atomic mass is 9.98. The molecule has 0 saturated carbocycles. The standard InChI is InChI=1S/C23H24N2O2/c1-15(2)21-14-19(18-8-4-5-9-20(18)24-21)23(26)25-12-6-7-16-13-17(27-3)10-11-22(16)25/h4-5,8-11,13-15H,6-7,12H2,1-3H3. The Morgan fingerprint density at radius 3 is 2.74 bits per heavy atom. The Morgan fingerprint density at radius 1 is 1.15 bits per heavy atom. The Hall–Kier alpha value is -2.88. The lowest BCUT2D eigenvalue weighted by molar-refractivity contribution is 0.0986. The van der Waals surface area contributed by atoms with Gasteiger partial charge in [-0.25, -0.2) is 0 Å². The van der Waals surface area contributed by atoms with Crippen molar-refractivity contribution in [1.29, 1.82) is 0 Å². The molecule has 0 N–H and O–H groups in total. The van der Waals surface area contributed by atoms with E-state index < -0.39 is 0 Å². The molecule has 0 spiro atoms. The fraction of sp³-hybridized carbons (Fsp3) is 0.304. The predicted octanol–water partition coefficient (Wildman–Crippen LogP) is 4.96. The first-order chi connectivity index (χ1) is 13.1. The number of carbonyl (C=O) groups is 1. The number of fused-ring (bicyclic) bond motifs is 2. The van der Waals surface area contributed by atoms with Gasteiger partial charge in [0.05, 0.1) is 18.2 Å². The summed E-state index contributed by atoms with van der Waals surface area (Å²) in [5.41, 5.74) is 4.70. The number of rotatable bonds is 3. The van der Waals surface area contributed by atoms with Crippen molar-refractivity contribution in [2.24, 2.45) is 0 Å². The number of benzene rings is 2. The van der Waals surface area contributed by atoms with Gasteiger partial charge in [-0.3, -0.25) is 9.78 Å². The third-order valence-corrected chi connectivity index (χ3v) is 5.21. The lowest BCUT2D eigenvalue weighted by Gasteiger charge is -2.30. The summed E-state index contributed by atoms with van der Waals surface area (Å²) >= 11 is 0. The van der Waals surface area contributed by atoms with Gasteiger partial charge in [0.15, 0.2) is 0 Å². The molecule has 0 saturated heterocycles. The molecular formula is C23H24N2O2. The van der Waals surface area contributed by atoms with Gasteiger partial charge in [-0.1, -0.05) is 32.0 Å². The number of carbonyl (C=O) groups excluding carboxylic acids is 1. The second-order valence-electron chi connectivity index (χ2n) is 7.32. The molecule has 0 atom stereocenters. The van der Waals surface area contributed by atoms with Gasteiger partial charge < -0.3 is 9.64 Å². The van der Waals surface area contributed by atoms with Crippen LogP contribution in [0.15, 0.2) is 48.5 Å². The zero-order chi connectivity index (χ0) is 19.0. The highest BCUT2D eigenvalue weighted by Crippen LogP contribution is 2.33. The summed E-state index contributed by atoms with van der Waals surface area (Å²) in [4.78, 5) is 20.2. The molecule has 1 aliphatic heterocycles. The first-order valence-electron chi connectivity index (χ1n) is 9.47. The van der Waals surface area contributed by atoms with E-state index in [1.54, 1.807) is 7.11 Å². The summed E-state index contributed by atoms with van der Waals surface area (Å²) in [6.45, 7) is 4.94. The van der Waals surface area contributed by atoms with Gasteiger partial charge in [-0.15, -0.1) is 0 Å². The number of pyridine rings is 1. The van der Waals surface area contributed by atoms with Crippen LogP contribution in [0.2, 0.25) is 0 Å². The maximum absolute atomic E-state index is 13.6. The van der Waals surface area contributed by atoms with Crippen molar-refractivity contribution in [1.82, 2.24) is 4.98 Å². The van der Waals surface area contributed by atoms with Crippen LogP contribution in [-0.4, -0.2) is 24.5 Å². The van der Waals surface area contributed by atoms with Crippen molar-refractivity contribution >= 4 is 22.5 Å². The molecular weight excluding hydrogens is 336 g/mol. The van der Waals surface area contributed by atoms with E-state index >= 15 is 0 Å². The summed E-state index contributed by atoms with van der Waals surface area (Å²) < 4.78 is 5.35. The van der Waals surface area contributed by atoms with Gasteiger partial charge in [0.1, 0.15) is 5.75 Å². The third kappa shape index (κ3) is 3.16. The maximum Gasteiger partial charge on any atom is 0.259 e. The van der Waals surface area contributed by atoms with E-state index in [4.69, 9.17) is 9.72 Å². The molecule has 1 aromatic heterocycles. The average Bonchev–Trinajstić information content (AvgIpc) is 2.71. The zero-order valence-electron chi connectivity index (χ0n) is 16.0. The molecule has 1 aliphatic rings. The fourth-order valence-electron chi connectivity index (χ4n) is 3.73. The first kappa shape index (κ1) is 17.5. The van der Waals surface area contributed by atoms with Gasteiger partial charge in [0, 0.05) is 23.3 Å². The SMILES string of the molecule is COc1ccc2c(c1)CCCN2C(=O)c1cc(C(C)C)nc2ccccc12. The van der Waals surface area contributed by atoms with Crippen LogP contribution in [0, 0.1) is 0 Å². The average molecular weight is 360 g/mol. The lowest BCUT2D eigenvalue weighted by Crippen LogP contribution is -2.35. The van der Waals surface area contributed by atoms with Gasteiger partial charge in [0.25, 0.3) is 5.91 Å². The number of anilines is 1. The van der Waals surface area contributed by atoms with E-state index in [0.29, 0.717) is 0 Å². The minimum Gasteiger partial charge on any atom is -0.497 e. The monoisotopic (exact) mass is 360 g/mol. The molecule has 4 rings (SSSR count). The van der Waals surface area contributed by atoms with Crippen molar-refractivity contribution < 1.29 is 9.53 Å². The summed E-state index contributed by atoms with van der Waals surface area (Å²) in [7, 11) is 1.67. The molecule has 3 aromatic rings. The molecule has 0 radical (unpaired) electrons. The van der Waals surface area contributed by atoms with Crippen molar-refractivity contribution in [3.63, 3.8) is 0 Å². The highest BCUT2D eigenvalue weighted by molar-refractivity contribution is 6.14. The normalized spacial score (nSPS) is 13.7. The summed E-state index contributed by atoms with van der Waals surface area (Å²) in [6.07, 6.45) is 1.91. The molecule has 2 heterocycles. The van der Waals surface area contributed by atoms with E-state index in [9.17, 15) is 4.79 Å². The van der Waals surface area contributed by atoms with Crippen LogP contribution in [0.3, 0.4) is 0 Å². The van der Waals surface area contributed by atoms with Crippen molar-refractivity contribution in [3.05, 3.63) is 65.4 Å². The zero-order valence-corrected chi connectivity index (χ0v) is 16.0. The molecule has 1 amide bonds. The first-order valence-corrected chi connectivity index (χ1v) is 9.47. The van der Waals surface area contributed by atoms with Gasteiger partial charge in [-0.05, 0) is 54.7 Å². The number of methoxy groups -OCH3 is 1. The summed E-state index contributed by atoms with van der Waals surface area (Å²) in [5, 5.41) is 0.910. The summed E-state index contributed by atoms with van der Waals surface area (Å²) in [6, 6.07) is 15.8. The molecule has 0 fully saturated rings. The van der Waals surface area contributed by atoms with E-state index in [2.05, 4.69) is 13.8 Å². The Balaban J connectivity index is 1.83. The fourth-order valence-corrected chi connectivity index (χ4v) is 3.73. The molecule has 4 heteroatoms. The minimum absolute atomic E-state index is 0.0432. The number of amides is 1. The van der Waals surface area contributed by atoms with Crippen LogP contribution >= 0.6 is 0 Å². The molecule has 0 bridgehead atoms. The van der Waals surface area contributed by atoms with Crippen molar-refractivity contribution in [3.8, 4) is 5.75 Å². The molecule has 2 aromatic carbocycles. The Kier molecular flexibility index (Phi) is 4.56. The van der Waals surface area contributed by atoms with Crippen LogP contribution < -0.4 is 9.64 Å². The third-order valence-electron chi connectivity index (χ3n) is 5.21. The highest BCUT2D eigenvalue weighted by atomic mass is 16.5.